The normalized spacial score (nSPS) is 14.6. The summed E-state index contributed by atoms with van der Waals surface area (Å²) in [6.45, 7) is 7.37. The number of halogens is 3. The molecule has 0 spiro atoms. The molecule has 34 heteroatoms. The summed E-state index contributed by atoms with van der Waals surface area (Å²) in [6, 6.07) is 0.961. The molecule has 1 aromatic heterocycles. The first-order chi connectivity index (χ1) is 39.7. The lowest BCUT2D eigenvalue weighted by atomic mass is 10.0. The van der Waals surface area contributed by atoms with Crippen molar-refractivity contribution in [2.24, 2.45) is 34.0 Å². The molecule has 6 atom stereocenters. The molecule has 1 aliphatic heterocycles. The van der Waals surface area contributed by atoms with Crippen LogP contribution in [0.2, 0.25) is 0 Å². The van der Waals surface area contributed by atoms with Gasteiger partial charge in [0.1, 0.15) is 53.3 Å². The predicted octanol–water partition coefficient (Wildman–Crippen LogP) is 0.0881. The van der Waals surface area contributed by atoms with Crippen molar-refractivity contribution in [1.82, 2.24) is 36.8 Å². The van der Waals surface area contributed by atoms with Crippen LogP contribution in [0.1, 0.15) is 78.7 Å². The van der Waals surface area contributed by atoms with E-state index in [1.54, 1.807) is 26.0 Å². The highest BCUT2D eigenvalue weighted by molar-refractivity contribution is 5.97. The van der Waals surface area contributed by atoms with Crippen LogP contribution < -0.4 is 64.8 Å². The molecule has 85 heavy (non-hydrogen) atoms. The number of benzene rings is 2. The van der Waals surface area contributed by atoms with Crippen LogP contribution in [0.5, 0.6) is 5.75 Å². The second kappa shape index (κ2) is 32.3. The molecule has 0 unspecified atom stereocenters. The summed E-state index contributed by atoms with van der Waals surface area (Å²) in [5, 5.41) is 48.7. The van der Waals surface area contributed by atoms with Crippen LogP contribution in [-0.4, -0.2) is 155 Å². The fourth-order valence-corrected chi connectivity index (χ4v) is 8.39. The number of aliphatic carboxylic acids is 1. The summed E-state index contributed by atoms with van der Waals surface area (Å²) in [4.78, 5) is 156. The number of primary amides is 1. The van der Waals surface area contributed by atoms with Gasteiger partial charge in [-0.05, 0) is 81.0 Å². The van der Waals surface area contributed by atoms with Crippen LogP contribution in [0, 0.1) is 32.1 Å². The van der Waals surface area contributed by atoms with Gasteiger partial charge in [0.2, 0.25) is 47.3 Å². The number of ether oxygens (including phenoxy) is 1. The number of nitrogens with zero attached hydrogens (tertiary/aromatic N) is 4. The molecule has 31 nitrogen and oxygen atoms in total. The Balaban J connectivity index is 0.00000253. The SMILES string of the molecule is COc1ccc2c(CC(=O)N3CCC[C@H]3C(=O)N[C@@H](CC(C)C)C(=O)NCC(=O)N[C@@H](CC(C)C)C(=O)N[C@@H](CNc3ccc([N+](=O)[O-])cc3[N+](=O)[O-])C(=O)N[C@@H](C)C(=O)N[C@@H](CCCN=C(N)N)C(N)=O)cc(=O)oc2c1.O=C(O)C(F)(F)F. The zero-order valence-corrected chi connectivity index (χ0v) is 47.1. The number of anilines is 1. The van der Waals surface area contributed by atoms with Gasteiger partial charge >= 0.3 is 17.8 Å². The van der Waals surface area contributed by atoms with Gasteiger partial charge in [-0.15, -0.1) is 0 Å². The van der Waals surface area contributed by atoms with Gasteiger partial charge in [-0.25, -0.2) is 9.59 Å². The Hall–Kier alpha value is -9.66. The van der Waals surface area contributed by atoms with Gasteiger partial charge in [0.15, 0.2) is 5.96 Å². The zero-order valence-electron chi connectivity index (χ0n) is 47.1. The molecule has 1 aliphatic rings. The highest BCUT2D eigenvalue weighted by atomic mass is 19.4. The lowest BCUT2D eigenvalue weighted by Crippen LogP contribution is -2.59. The minimum absolute atomic E-state index is 0.0236. The van der Waals surface area contributed by atoms with E-state index in [0.29, 0.717) is 29.2 Å². The number of likely N-dealkylation sites (tertiary alicyclic amines) is 1. The second-order valence-electron chi connectivity index (χ2n) is 20.1. The van der Waals surface area contributed by atoms with E-state index in [1.807, 2.05) is 13.8 Å². The lowest BCUT2D eigenvalue weighted by molar-refractivity contribution is -0.393. The predicted molar refractivity (Wildman–Crippen MR) is 296 cm³/mol. The Morgan fingerprint density at radius 3 is 1.99 bits per heavy atom. The van der Waals surface area contributed by atoms with Gasteiger partial charge < -0.3 is 73.6 Å². The third kappa shape index (κ3) is 22.6. The number of hydrogen-bond acceptors (Lipinski definition) is 18. The summed E-state index contributed by atoms with van der Waals surface area (Å²) < 4.78 is 42.3. The number of nitro benzene ring substituents is 2. The Morgan fingerprint density at radius 1 is 0.812 bits per heavy atom. The summed E-state index contributed by atoms with van der Waals surface area (Å²) in [7, 11) is 1.45. The molecule has 0 aliphatic carbocycles. The highest BCUT2D eigenvalue weighted by Gasteiger charge is 2.39. The maximum absolute atomic E-state index is 14.1. The summed E-state index contributed by atoms with van der Waals surface area (Å²) in [5.41, 5.74) is 14.4. The fraction of sp³-hybridized carbons (Fsp3) is 0.510. The summed E-state index contributed by atoms with van der Waals surface area (Å²) in [5.74, 6) is -9.32. The Labute approximate surface area is 482 Å². The van der Waals surface area contributed by atoms with Crippen LogP contribution in [0.4, 0.5) is 30.2 Å². The van der Waals surface area contributed by atoms with Gasteiger partial charge in [-0.1, -0.05) is 27.7 Å². The first-order valence-electron chi connectivity index (χ1n) is 26.2. The number of non-ortho nitro benzene ring substituents is 1. The molecule has 14 N–H and O–H groups in total. The van der Waals surface area contributed by atoms with E-state index in [0.717, 1.165) is 12.1 Å². The van der Waals surface area contributed by atoms with E-state index in [2.05, 4.69) is 42.2 Å². The number of amides is 8. The third-order valence-electron chi connectivity index (χ3n) is 12.5. The number of fused-ring (bicyclic) bond motifs is 1. The second-order valence-corrected chi connectivity index (χ2v) is 20.1. The lowest BCUT2D eigenvalue weighted by Gasteiger charge is -2.27. The Morgan fingerprint density at radius 2 is 1.42 bits per heavy atom. The van der Waals surface area contributed by atoms with E-state index in [9.17, 15) is 76.6 Å². The smallest absolute Gasteiger partial charge is 0.490 e. The molecular formula is C51H69F3N14O17. The van der Waals surface area contributed by atoms with Crippen molar-refractivity contribution < 1.29 is 80.4 Å². The van der Waals surface area contributed by atoms with Crippen molar-refractivity contribution in [2.45, 2.75) is 122 Å². The van der Waals surface area contributed by atoms with Crippen LogP contribution in [0.3, 0.4) is 0 Å². The standard InChI is InChI=1S/C49H68N14O15.C2HF3O2/c1-25(2)17-34(59-48(72)37-10-8-16-61(37)41(65)19-28-20-42(66)78-39-22-30(77-6)12-13-31(28)39)45(69)55-24-40(64)57-35(18-26(3)4)46(70)60-36(23-54-32-14-11-29(62(73)74)21-38(32)63(75)76)47(71)56-27(5)44(68)58-33(43(50)67)9-7-15-53-49(51)52;3-2(4,5)1(6)7/h11-14,20-22,25-27,33-37,54H,7-10,15-19,23-24H2,1-6H3,(H2,50,67)(H,55,69)(H,56,71)(H,57,64)(H,58,68)(H,59,72)(H,60,70)(H4,51,52,53);(H,6,7)/t27-,33-,34-,35-,36-,37-;/m0./s1. The van der Waals surface area contributed by atoms with E-state index in [-0.39, 0.29) is 80.7 Å². The number of guanidine groups is 1. The van der Waals surface area contributed by atoms with E-state index < -0.39 is 136 Å². The Kier molecular flexibility index (Phi) is 26.4. The molecule has 0 bridgehead atoms. The quantitative estimate of drug-likeness (QED) is 0.0110. The average molecular weight is 1210 g/mol. The maximum Gasteiger partial charge on any atom is 0.490 e. The number of nitrogens with one attached hydrogen (secondary N) is 7. The number of aliphatic imine (C=N–C) groups is 1. The van der Waals surface area contributed by atoms with Crippen molar-refractivity contribution in [3.63, 3.8) is 0 Å². The number of methoxy groups -OCH3 is 1. The van der Waals surface area contributed by atoms with Gasteiger partial charge in [-0.3, -0.25) is 63.6 Å². The molecule has 8 amide bonds. The van der Waals surface area contributed by atoms with E-state index in [1.165, 1.54) is 31.1 Å². The molecule has 0 saturated carbocycles. The number of hydrogen-bond donors (Lipinski definition) is 11. The molecule has 3 aromatic rings. The third-order valence-corrected chi connectivity index (χ3v) is 12.5. The number of nitro groups is 2. The van der Waals surface area contributed by atoms with Gasteiger partial charge in [0.05, 0.1) is 36.0 Å². The molecule has 2 aromatic carbocycles. The first-order valence-corrected chi connectivity index (χ1v) is 26.2. The van der Waals surface area contributed by atoms with Gasteiger partial charge in [0, 0.05) is 43.2 Å². The highest BCUT2D eigenvalue weighted by Crippen LogP contribution is 2.29. The first kappa shape index (κ1) is 69.6. The number of nitrogens with two attached hydrogens (primary N) is 3. The molecule has 0 radical (unpaired) electrons. The van der Waals surface area contributed by atoms with Crippen molar-refractivity contribution in [3.8, 4) is 5.75 Å². The number of alkyl halides is 3. The number of rotatable bonds is 29. The fourth-order valence-electron chi connectivity index (χ4n) is 8.39. The number of carboxylic acids is 1. The van der Waals surface area contributed by atoms with Crippen molar-refractivity contribution in [2.75, 3.05) is 38.6 Å². The van der Waals surface area contributed by atoms with Crippen LogP contribution in [0.15, 0.2) is 56.7 Å². The summed E-state index contributed by atoms with van der Waals surface area (Å²) in [6.07, 6.45) is -4.18. The molecular weight excluding hydrogens is 1140 g/mol. The van der Waals surface area contributed by atoms with Gasteiger partial charge in [0.25, 0.3) is 11.4 Å². The van der Waals surface area contributed by atoms with Crippen LogP contribution in [0.25, 0.3) is 11.0 Å². The van der Waals surface area contributed by atoms with Crippen LogP contribution in [-0.2, 0) is 49.6 Å². The minimum atomic E-state index is -5.08. The van der Waals surface area contributed by atoms with Gasteiger partial charge in [-0.2, -0.15) is 13.2 Å². The molecule has 1 fully saturated rings. The molecule has 1 saturated heterocycles. The molecule has 4 rings (SSSR count). The monoisotopic (exact) mass is 1210 g/mol. The van der Waals surface area contributed by atoms with E-state index in [4.69, 9.17) is 36.3 Å². The average Bonchev–Trinajstić information content (AvgIpc) is 3.03. The maximum atomic E-state index is 14.1. The number of carbonyl (C=O) groups is 9. The van der Waals surface area contributed by atoms with Crippen molar-refractivity contribution in [1.29, 1.82) is 0 Å². The zero-order chi connectivity index (χ0) is 64.0. The molecule has 466 valence electrons. The number of carbonyl (C=O) groups excluding carboxylic acids is 8. The minimum Gasteiger partial charge on any atom is -0.497 e. The van der Waals surface area contributed by atoms with Crippen molar-refractivity contribution >= 4 is 87.2 Å². The summed E-state index contributed by atoms with van der Waals surface area (Å²) >= 11 is 0. The van der Waals surface area contributed by atoms with Crippen molar-refractivity contribution in [3.05, 3.63) is 78.7 Å². The molecule has 2 heterocycles. The topological polar surface area (TPSA) is 477 Å². The van der Waals surface area contributed by atoms with Crippen LogP contribution >= 0.6 is 0 Å². The van der Waals surface area contributed by atoms with E-state index >= 15 is 0 Å². The largest absolute Gasteiger partial charge is 0.497 e. The Bertz CT molecular complexity index is 3040. The number of carboxylic acid groups (broad SMARTS) is 1.